The normalized spacial score (nSPS) is 15.8. The Hall–Kier alpha value is -3.55. The average molecular weight is 475 g/mol. The molecule has 3 aromatic carbocycles. The molecule has 180 valence electrons. The third-order valence-electron chi connectivity index (χ3n) is 6.71. The van der Waals surface area contributed by atoms with Crippen LogP contribution in [0.15, 0.2) is 73.1 Å². The van der Waals surface area contributed by atoms with Crippen molar-refractivity contribution in [2.75, 3.05) is 40.3 Å². The molecular weight excluding hydrogens is 446 g/mol. The van der Waals surface area contributed by atoms with Gasteiger partial charge in [0.2, 0.25) is 0 Å². The molecule has 0 radical (unpaired) electrons. The summed E-state index contributed by atoms with van der Waals surface area (Å²) in [4.78, 5) is 4.82. The van der Waals surface area contributed by atoms with Crippen molar-refractivity contribution in [1.82, 2.24) is 20.0 Å². The van der Waals surface area contributed by atoms with E-state index in [2.05, 4.69) is 39.2 Å². The van der Waals surface area contributed by atoms with E-state index in [9.17, 15) is 8.78 Å². The van der Waals surface area contributed by atoms with Crippen LogP contribution in [0.25, 0.3) is 22.3 Å². The minimum atomic E-state index is -0.464. The van der Waals surface area contributed by atoms with E-state index >= 15 is 0 Å². The summed E-state index contributed by atoms with van der Waals surface area (Å²) in [5.74, 6) is -0.161. The zero-order valence-corrected chi connectivity index (χ0v) is 19.8. The predicted octanol–water partition coefficient (Wildman–Crippen LogP) is 5.37. The minimum Gasteiger partial charge on any atom is -0.496 e. The Kier molecular flexibility index (Phi) is 6.61. The molecular formula is C28H28F2N4O. The highest BCUT2D eigenvalue weighted by molar-refractivity contribution is 5.75. The highest BCUT2D eigenvalue weighted by Crippen LogP contribution is 2.37. The van der Waals surface area contributed by atoms with Gasteiger partial charge in [-0.2, -0.15) is 5.10 Å². The summed E-state index contributed by atoms with van der Waals surface area (Å²) in [7, 11) is 3.80. The number of nitrogens with one attached hydrogen (secondary N) is 1. The zero-order chi connectivity index (χ0) is 24.4. The van der Waals surface area contributed by atoms with Crippen LogP contribution in [0.5, 0.6) is 5.75 Å². The zero-order valence-electron chi connectivity index (χ0n) is 19.8. The number of ether oxygens (including phenoxy) is 1. The molecule has 0 saturated carbocycles. The van der Waals surface area contributed by atoms with Crippen LogP contribution >= 0.6 is 0 Å². The molecule has 0 spiro atoms. The maximum Gasteiger partial charge on any atom is 0.131 e. The molecule has 1 saturated heterocycles. The number of methoxy groups -OCH3 is 1. The fourth-order valence-electron chi connectivity index (χ4n) is 4.77. The second-order valence-corrected chi connectivity index (χ2v) is 8.93. The van der Waals surface area contributed by atoms with Gasteiger partial charge in [-0.3, -0.25) is 10.00 Å². The van der Waals surface area contributed by atoms with Crippen LogP contribution in [0.1, 0.15) is 17.2 Å². The van der Waals surface area contributed by atoms with Gasteiger partial charge in [-0.15, -0.1) is 0 Å². The number of aromatic nitrogens is 2. The number of benzene rings is 3. The van der Waals surface area contributed by atoms with Gasteiger partial charge in [0.1, 0.15) is 17.4 Å². The van der Waals surface area contributed by atoms with Gasteiger partial charge in [-0.05, 0) is 54.1 Å². The van der Waals surface area contributed by atoms with Gasteiger partial charge in [0.25, 0.3) is 0 Å². The molecule has 5 nitrogen and oxygen atoms in total. The first kappa shape index (κ1) is 23.2. The summed E-state index contributed by atoms with van der Waals surface area (Å²) in [6, 6.07) is 17.3. The van der Waals surface area contributed by atoms with Crippen molar-refractivity contribution in [3.8, 4) is 28.0 Å². The third-order valence-corrected chi connectivity index (χ3v) is 6.71. The van der Waals surface area contributed by atoms with Crippen molar-refractivity contribution in [2.24, 2.45) is 0 Å². The van der Waals surface area contributed by atoms with E-state index in [-0.39, 0.29) is 11.6 Å². The van der Waals surface area contributed by atoms with Crippen LogP contribution in [0.2, 0.25) is 0 Å². The summed E-state index contributed by atoms with van der Waals surface area (Å²) >= 11 is 0. The number of H-pyrrole nitrogens is 1. The number of nitrogens with zero attached hydrogens (tertiary/aromatic N) is 3. The Morgan fingerprint density at radius 1 is 0.857 bits per heavy atom. The summed E-state index contributed by atoms with van der Waals surface area (Å²) in [6.07, 6.45) is 3.84. The lowest BCUT2D eigenvalue weighted by Gasteiger charge is -2.38. The number of halogens is 2. The molecule has 1 fully saturated rings. The van der Waals surface area contributed by atoms with Crippen LogP contribution in [0.3, 0.4) is 0 Å². The fraction of sp³-hybridized carbons (Fsp3) is 0.250. The van der Waals surface area contributed by atoms with Crippen molar-refractivity contribution in [1.29, 1.82) is 0 Å². The largest absolute Gasteiger partial charge is 0.496 e. The summed E-state index contributed by atoms with van der Waals surface area (Å²) in [5.41, 5.74) is 5.00. The Bertz CT molecular complexity index is 1280. The first-order chi connectivity index (χ1) is 17.0. The van der Waals surface area contributed by atoms with Crippen LogP contribution in [-0.2, 0) is 0 Å². The van der Waals surface area contributed by atoms with Gasteiger partial charge in [0.05, 0.1) is 19.3 Å². The number of aromatic amines is 1. The smallest absolute Gasteiger partial charge is 0.131 e. The molecule has 1 aliphatic rings. The molecule has 1 unspecified atom stereocenters. The second-order valence-electron chi connectivity index (χ2n) is 8.93. The first-order valence-corrected chi connectivity index (χ1v) is 11.7. The van der Waals surface area contributed by atoms with Crippen molar-refractivity contribution in [3.05, 3.63) is 95.8 Å². The third kappa shape index (κ3) is 4.83. The number of rotatable bonds is 6. The first-order valence-electron chi connectivity index (χ1n) is 11.7. The Labute approximate surface area is 204 Å². The van der Waals surface area contributed by atoms with Gasteiger partial charge in [-0.25, -0.2) is 8.78 Å². The lowest BCUT2D eigenvalue weighted by Crippen LogP contribution is -2.46. The molecule has 1 aliphatic heterocycles. The van der Waals surface area contributed by atoms with Gasteiger partial charge in [0.15, 0.2) is 0 Å². The van der Waals surface area contributed by atoms with Crippen molar-refractivity contribution in [2.45, 2.75) is 6.04 Å². The van der Waals surface area contributed by atoms with Crippen molar-refractivity contribution < 1.29 is 13.5 Å². The number of hydrogen-bond acceptors (Lipinski definition) is 4. The van der Waals surface area contributed by atoms with E-state index in [1.54, 1.807) is 7.11 Å². The fourth-order valence-corrected chi connectivity index (χ4v) is 4.77. The van der Waals surface area contributed by atoms with Crippen molar-refractivity contribution >= 4 is 0 Å². The SMILES string of the molecule is COc1ccc(C(c2cn[nH]c2)N2CCN(C)CC2)cc1-c1ccc(-c2cc(F)ccc2F)cc1. The maximum absolute atomic E-state index is 14.3. The van der Waals surface area contributed by atoms with Gasteiger partial charge < -0.3 is 9.64 Å². The molecule has 1 atom stereocenters. The Morgan fingerprint density at radius 2 is 1.57 bits per heavy atom. The second kappa shape index (κ2) is 9.98. The highest BCUT2D eigenvalue weighted by Gasteiger charge is 2.27. The van der Waals surface area contributed by atoms with Crippen LogP contribution in [0.4, 0.5) is 8.78 Å². The molecule has 7 heteroatoms. The highest BCUT2D eigenvalue weighted by atomic mass is 19.1. The maximum atomic E-state index is 14.3. The topological polar surface area (TPSA) is 44.4 Å². The lowest BCUT2D eigenvalue weighted by molar-refractivity contribution is 0.127. The molecule has 1 N–H and O–H groups in total. The van der Waals surface area contributed by atoms with E-state index in [4.69, 9.17) is 4.74 Å². The molecule has 0 bridgehead atoms. The quantitative estimate of drug-likeness (QED) is 0.408. The van der Waals surface area contributed by atoms with Crippen LogP contribution in [-0.4, -0.2) is 60.3 Å². The molecule has 35 heavy (non-hydrogen) atoms. The molecule has 5 rings (SSSR count). The standard InChI is InChI=1S/C28H28F2N4O/c1-33-11-13-34(14-12-33)28(22-17-31-32-18-22)21-7-10-27(35-2)25(15-21)20-5-3-19(4-6-20)24-16-23(29)8-9-26(24)30/h3-10,15-18,28H,11-14H2,1-2H3,(H,31,32). The minimum absolute atomic E-state index is 0.0627. The molecule has 0 aliphatic carbocycles. The summed E-state index contributed by atoms with van der Waals surface area (Å²) in [5, 5.41) is 7.16. The van der Waals surface area contributed by atoms with Gasteiger partial charge in [-0.1, -0.05) is 30.3 Å². The van der Waals surface area contributed by atoms with Crippen molar-refractivity contribution in [3.63, 3.8) is 0 Å². The molecule has 1 aromatic heterocycles. The monoisotopic (exact) mass is 474 g/mol. The van der Waals surface area contributed by atoms with E-state index in [1.165, 1.54) is 6.07 Å². The Balaban J connectivity index is 1.52. The predicted molar refractivity (Wildman–Crippen MR) is 133 cm³/mol. The van der Waals surface area contributed by atoms with E-state index in [0.29, 0.717) is 5.56 Å². The lowest BCUT2D eigenvalue weighted by atomic mass is 9.93. The van der Waals surface area contributed by atoms with E-state index in [0.717, 1.165) is 66.3 Å². The van der Waals surface area contributed by atoms with Gasteiger partial charge >= 0.3 is 0 Å². The number of piperazine rings is 1. The number of hydrogen-bond donors (Lipinski definition) is 1. The van der Waals surface area contributed by atoms with Crippen LogP contribution in [0, 0.1) is 11.6 Å². The summed E-state index contributed by atoms with van der Waals surface area (Å²) in [6.45, 7) is 3.94. The molecule has 2 heterocycles. The summed E-state index contributed by atoms with van der Waals surface area (Å²) < 4.78 is 33.6. The van der Waals surface area contributed by atoms with E-state index < -0.39 is 11.6 Å². The number of likely N-dealkylation sites (N-methyl/N-ethyl adjacent to an activating group) is 1. The van der Waals surface area contributed by atoms with Crippen LogP contribution < -0.4 is 4.74 Å². The molecule has 0 amide bonds. The van der Waals surface area contributed by atoms with Gasteiger partial charge in [0, 0.05) is 49.1 Å². The Morgan fingerprint density at radius 3 is 2.23 bits per heavy atom. The van der Waals surface area contributed by atoms with E-state index in [1.807, 2.05) is 42.7 Å². The average Bonchev–Trinajstić information content (AvgIpc) is 3.41. The molecule has 4 aromatic rings.